The van der Waals surface area contributed by atoms with Gasteiger partial charge in [0.05, 0.1) is 0 Å². The van der Waals surface area contributed by atoms with E-state index in [0.717, 1.165) is 22.5 Å². The molecule has 190 valence electrons. The molecule has 2 fully saturated rings. The Balaban J connectivity index is 1.32. The van der Waals surface area contributed by atoms with E-state index in [9.17, 15) is 31.6 Å². The molecule has 1 N–H and O–H groups in total. The molecule has 2 aromatic carbocycles. The van der Waals surface area contributed by atoms with Crippen molar-refractivity contribution in [2.24, 2.45) is 0 Å². The maximum absolute atomic E-state index is 15.1. The summed E-state index contributed by atoms with van der Waals surface area (Å²) in [6.45, 7) is 0.0708. The van der Waals surface area contributed by atoms with E-state index in [4.69, 9.17) is 0 Å². The summed E-state index contributed by atoms with van der Waals surface area (Å²) in [6, 6.07) is 4.14. The van der Waals surface area contributed by atoms with Crippen LogP contribution in [0.2, 0.25) is 0 Å². The van der Waals surface area contributed by atoms with Gasteiger partial charge in [0.25, 0.3) is 5.91 Å². The molecule has 3 aliphatic heterocycles. The molecular weight excluding hydrogens is 499 g/mol. The van der Waals surface area contributed by atoms with E-state index in [2.05, 4.69) is 5.32 Å². The maximum Gasteiger partial charge on any atom is 0.255 e. The molecular formula is C24H22F3N3O5S. The molecule has 0 spiro atoms. The number of halogens is 3. The molecule has 2 aromatic rings. The Bertz CT molecular complexity index is 1390. The van der Waals surface area contributed by atoms with Gasteiger partial charge in [0.1, 0.15) is 28.4 Å². The van der Waals surface area contributed by atoms with Crippen molar-refractivity contribution in [2.75, 3.05) is 13.1 Å². The lowest BCUT2D eigenvalue weighted by atomic mass is 9.88. The smallest absolute Gasteiger partial charge is 0.255 e. The van der Waals surface area contributed by atoms with Crippen molar-refractivity contribution in [1.29, 1.82) is 0 Å². The van der Waals surface area contributed by atoms with Gasteiger partial charge in [-0.3, -0.25) is 19.7 Å². The summed E-state index contributed by atoms with van der Waals surface area (Å²) >= 11 is 0. The topological polar surface area (TPSA) is 104 Å². The van der Waals surface area contributed by atoms with Crippen molar-refractivity contribution in [2.45, 2.75) is 49.1 Å². The van der Waals surface area contributed by atoms with Crippen molar-refractivity contribution in [3.8, 4) is 0 Å². The molecule has 3 heterocycles. The molecule has 0 radical (unpaired) electrons. The summed E-state index contributed by atoms with van der Waals surface area (Å²) in [5, 5.41) is 2.22. The fraction of sp³-hybridized carbons (Fsp3) is 0.375. The summed E-state index contributed by atoms with van der Waals surface area (Å²) in [4.78, 5) is 37.1. The Kier molecular flexibility index (Phi) is 6.11. The lowest BCUT2D eigenvalue weighted by Gasteiger charge is -2.31. The third-order valence-corrected chi connectivity index (χ3v) is 8.96. The van der Waals surface area contributed by atoms with E-state index in [1.165, 1.54) is 4.90 Å². The fourth-order valence-electron chi connectivity index (χ4n) is 5.14. The number of amides is 3. The van der Waals surface area contributed by atoms with Crippen LogP contribution < -0.4 is 5.32 Å². The van der Waals surface area contributed by atoms with Gasteiger partial charge in [0.2, 0.25) is 21.8 Å². The Hall–Kier alpha value is -3.25. The van der Waals surface area contributed by atoms with Crippen LogP contribution in [-0.2, 0) is 26.2 Å². The number of sulfonamides is 1. The second kappa shape index (κ2) is 9.00. The number of hydrogen-bond acceptors (Lipinski definition) is 5. The number of carbonyl (C=O) groups excluding carboxylic acids is 3. The van der Waals surface area contributed by atoms with Crippen LogP contribution in [0.4, 0.5) is 13.2 Å². The number of piperidine rings is 2. The fourth-order valence-corrected chi connectivity index (χ4v) is 6.69. The van der Waals surface area contributed by atoms with Crippen LogP contribution >= 0.6 is 0 Å². The SMILES string of the molecule is O=C1CCC(N2Cc3cc(C4CCN(S(=O)(=O)c5cc(F)ccc5F)CC4)c(F)cc3C2=O)C(=O)N1. The van der Waals surface area contributed by atoms with Gasteiger partial charge in [-0.1, -0.05) is 6.07 Å². The van der Waals surface area contributed by atoms with Crippen LogP contribution in [0.1, 0.15) is 53.1 Å². The molecule has 5 rings (SSSR count). The predicted octanol–water partition coefficient (Wildman–Crippen LogP) is 2.43. The first-order valence-corrected chi connectivity index (χ1v) is 12.9. The van der Waals surface area contributed by atoms with Gasteiger partial charge < -0.3 is 4.90 Å². The molecule has 0 aliphatic carbocycles. The largest absolute Gasteiger partial charge is 0.322 e. The molecule has 1 atom stereocenters. The molecule has 36 heavy (non-hydrogen) atoms. The van der Waals surface area contributed by atoms with Crippen molar-refractivity contribution < 1.29 is 36.0 Å². The zero-order chi connectivity index (χ0) is 25.8. The predicted molar refractivity (Wildman–Crippen MR) is 120 cm³/mol. The van der Waals surface area contributed by atoms with Gasteiger partial charge in [-0.15, -0.1) is 0 Å². The van der Waals surface area contributed by atoms with Gasteiger partial charge in [-0.25, -0.2) is 21.6 Å². The molecule has 3 amide bonds. The normalized spacial score (nSPS) is 21.6. The van der Waals surface area contributed by atoms with Crippen LogP contribution in [-0.4, -0.2) is 54.5 Å². The number of nitrogens with one attached hydrogen (secondary N) is 1. The number of benzene rings is 2. The molecule has 2 saturated heterocycles. The Morgan fingerprint density at radius 3 is 2.33 bits per heavy atom. The third-order valence-electron chi connectivity index (χ3n) is 7.05. The highest BCUT2D eigenvalue weighted by Gasteiger charge is 2.40. The average Bonchev–Trinajstić information content (AvgIpc) is 3.15. The molecule has 1 unspecified atom stereocenters. The number of rotatable bonds is 4. The third kappa shape index (κ3) is 4.17. The zero-order valence-corrected chi connectivity index (χ0v) is 19.8. The number of hydrogen-bond donors (Lipinski definition) is 1. The van der Waals surface area contributed by atoms with Gasteiger partial charge in [-0.2, -0.15) is 4.31 Å². The molecule has 12 heteroatoms. The van der Waals surface area contributed by atoms with E-state index in [1.54, 1.807) is 6.07 Å². The highest BCUT2D eigenvalue weighted by molar-refractivity contribution is 7.89. The lowest BCUT2D eigenvalue weighted by molar-refractivity contribution is -0.136. The average molecular weight is 522 g/mol. The summed E-state index contributed by atoms with van der Waals surface area (Å²) in [7, 11) is -4.27. The van der Waals surface area contributed by atoms with Crippen molar-refractivity contribution in [3.05, 3.63) is 64.5 Å². The van der Waals surface area contributed by atoms with E-state index in [0.29, 0.717) is 17.2 Å². The van der Waals surface area contributed by atoms with Crippen LogP contribution in [0.15, 0.2) is 35.2 Å². The van der Waals surface area contributed by atoms with Crippen molar-refractivity contribution in [3.63, 3.8) is 0 Å². The summed E-state index contributed by atoms with van der Waals surface area (Å²) in [6.07, 6.45) is 0.795. The standard InChI is InChI=1S/C24H22F3N3O5S/c25-15-1-2-18(26)21(10-15)36(34,35)29-7-5-13(6-8-29)16-9-14-12-30(24(33)17(14)11-19(16)27)20-3-4-22(31)28-23(20)32/h1-2,9-11,13,20H,3-8,12H2,(H,28,31,32). The quantitative estimate of drug-likeness (QED) is 0.623. The van der Waals surface area contributed by atoms with Crippen LogP contribution in [0.5, 0.6) is 0 Å². The highest BCUT2D eigenvalue weighted by Crippen LogP contribution is 2.36. The zero-order valence-electron chi connectivity index (χ0n) is 19.0. The molecule has 3 aliphatic rings. The van der Waals surface area contributed by atoms with E-state index in [-0.39, 0.29) is 56.8 Å². The van der Waals surface area contributed by atoms with Gasteiger partial charge in [0, 0.05) is 31.6 Å². The number of carbonyl (C=O) groups is 3. The van der Waals surface area contributed by atoms with E-state index < -0.39 is 56.1 Å². The first-order chi connectivity index (χ1) is 17.1. The summed E-state index contributed by atoms with van der Waals surface area (Å²) in [5.41, 5.74) is 1.04. The van der Waals surface area contributed by atoms with Gasteiger partial charge in [-0.05, 0) is 60.6 Å². The maximum atomic E-state index is 15.1. The number of fused-ring (bicyclic) bond motifs is 1. The Morgan fingerprint density at radius 2 is 1.64 bits per heavy atom. The van der Waals surface area contributed by atoms with Crippen molar-refractivity contribution >= 4 is 27.7 Å². The minimum atomic E-state index is -4.27. The first kappa shape index (κ1) is 24.4. The monoisotopic (exact) mass is 521 g/mol. The first-order valence-electron chi connectivity index (χ1n) is 11.5. The Morgan fingerprint density at radius 1 is 0.917 bits per heavy atom. The van der Waals surface area contributed by atoms with Gasteiger partial charge in [0.15, 0.2) is 0 Å². The Labute approximate surface area is 205 Å². The minimum absolute atomic E-state index is 0.0131. The minimum Gasteiger partial charge on any atom is -0.322 e. The molecule has 0 aromatic heterocycles. The second-order valence-electron chi connectivity index (χ2n) is 9.18. The number of imide groups is 1. The summed E-state index contributed by atoms with van der Waals surface area (Å²) < 4.78 is 69.4. The molecule has 0 bridgehead atoms. The highest BCUT2D eigenvalue weighted by atomic mass is 32.2. The molecule has 8 nitrogen and oxygen atoms in total. The molecule has 0 saturated carbocycles. The lowest BCUT2D eigenvalue weighted by Crippen LogP contribution is -2.52. The summed E-state index contributed by atoms with van der Waals surface area (Å²) in [5.74, 6) is -4.32. The second-order valence-corrected chi connectivity index (χ2v) is 11.1. The van der Waals surface area contributed by atoms with Crippen LogP contribution in [0, 0.1) is 17.5 Å². The van der Waals surface area contributed by atoms with E-state index in [1.807, 2.05) is 0 Å². The van der Waals surface area contributed by atoms with Crippen LogP contribution in [0.25, 0.3) is 0 Å². The van der Waals surface area contributed by atoms with E-state index >= 15 is 4.39 Å². The number of nitrogens with zero attached hydrogens (tertiary/aromatic N) is 2. The van der Waals surface area contributed by atoms with Gasteiger partial charge >= 0.3 is 0 Å². The van der Waals surface area contributed by atoms with Crippen molar-refractivity contribution in [1.82, 2.24) is 14.5 Å². The van der Waals surface area contributed by atoms with Crippen LogP contribution in [0.3, 0.4) is 0 Å².